The number of phenols is 3. The average Bonchev–Trinajstić information content (AvgIpc) is 2.99. The molecule has 1 aromatic rings. The predicted octanol–water partition coefficient (Wildman–Crippen LogP) is 0.750. The van der Waals surface area contributed by atoms with Crippen LogP contribution in [0, 0.1) is 5.92 Å². The molecule has 1 aliphatic carbocycles. The molecule has 6 heteroatoms. The summed E-state index contributed by atoms with van der Waals surface area (Å²) >= 11 is 0. The number of phenolic OH excluding ortho intramolecular Hbond substituents is 3. The minimum atomic E-state index is -1.17. The van der Waals surface area contributed by atoms with E-state index in [1.807, 2.05) is 0 Å². The largest absolute Gasteiger partial charge is 0.508 e. The molecule has 0 saturated heterocycles. The van der Waals surface area contributed by atoms with Crippen LogP contribution in [0.2, 0.25) is 0 Å². The van der Waals surface area contributed by atoms with Gasteiger partial charge in [-0.3, -0.25) is 4.79 Å². The number of carbonyl (C=O) groups is 1. The van der Waals surface area contributed by atoms with Crippen molar-refractivity contribution < 1.29 is 30.0 Å². The number of carboxylic acids is 1. The van der Waals surface area contributed by atoms with E-state index in [4.69, 9.17) is 9.84 Å². The fourth-order valence-electron chi connectivity index (χ4n) is 2.09. The van der Waals surface area contributed by atoms with Crippen molar-refractivity contribution in [1.82, 2.24) is 0 Å². The van der Waals surface area contributed by atoms with E-state index in [-0.39, 0.29) is 17.7 Å². The lowest BCUT2D eigenvalue weighted by Gasteiger charge is -2.17. The second-order valence-electron chi connectivity index (χ2n) is 4.05. The van der Waals surface area contributed by atoms with Crippen LogP contribution in [0.5, 0.6) is 17.2 Å². The Hall–Kier alpha value is -1.95. The van der Waals surface area contributed by atoms with Crippen LogP contribution in [0.15, 0.2) is 12.1 Å². The predicted molar refractivity (Wildman–Crippen MR) is 55.9 cm³/mol. The number of hydrogen-bond acceptors (Lipinski definition) is 5. The van der Waals surface area contributed by atoms with E-state index in [0.29, 0.717) is 0 Å². The monoisotopic (exact) mass is 240 g/mol. The van der Waals surface area contributed by atoms with Crippen molar-refractivity contribution in [1.29, 1.82) is 0 Å². The molecule has 0 radical (unpaired) electrons. The van der Waals surface area contributed by atoms with Crippen LogP contribution in [-0.4, -0.2) is 33.5 Å². The zero-order valence-electron chi connectivity index (χ0n) is 9.04. The van der Waals surface area contributed by atoms with Gasteiger partial charge in [-0.1, -0.05) is 0 Å². The highest BCUT2D eigenvalue weighted by Gasteiger charge is 2.62. The third-order valence-corrected chi connectivity index (χ3v) is 3.10. The number of aromatic hydroxyl groups is 3. The fraction of sp³-hybridized carbons (Fsp3) is 0.364. The van der Waals surface area contributed by atoms with Gasteiger partial charge >= 0.3 is 5.97 Å². The van der Waals surface area contributed by atoms with Crippen molar-refractivity contribution in [2.45, 2.75) is 12.0 Å². The normalized spacial score (nSPS) is 26.8. The van der Waals surface area contributed by atoms with Gasteiger partial charge < -0.3 is 25.2 Å². The topological polar surface area (TPSA) is 107 Å². The first kappa shape index (κ1) is 11.5. The Balaban J connectivity index is 2.50. The molecule has 0 aromatic heterocycles. The zero-order chi connectivity index (χ0) is 12.8. The van der Waals surface area contributed by atoms with Crippen LogP contribution in [0.1, 0.15) is 12.0 Å². The Morgan fingerprint density at radius 1 is 1.41 bits per heavy atom. The summed E-state index contributed by atoms with van der Waals surface area (Å²) in [7, 11) is 1.32. The van der Waals surface area contributed by atoms with Gasteiger partial charge in [-0.05, 0) is 12.5 Å². The number of benzene rings is 1. The summed E-state index contributed by atoms with van der Waals surface area (Å²) in [6, 6.07) is 2.17. The lowest BCUT2D eigenvalue weighted by molar-refractivity contribution is -0.140. The summed E-state index contributed by atoms with van der Waals surface area (Å²) in [6.07, 6.45) is 0.190. The van der Waals surface area contributed by atoms with E-state index in [0.717, 1.165) is 6.07 Å². The molecule has 92 valence electrons. The van der Waals surface area contributed by atoms with Crippen LogP contribution in [0.3, 0.4) is 0 Å². The van der Waals surface area contributed by atoms with Crippen molar-refractivity contribution in [2.75, 3.05) is 7.11 Å². The number of rotatable bonds is 3. The van der Waals surface area contributed by atoms with Gasteiger partial charge in [0, 0.05) is 18.7 Å². The summed E-state index contributed by atoms with van der Waals surface area (Å²) in [5, 5.41) is 37.4. The first-order valence-corrected chi connectivity index (χ1v) is 4.95. The SMILES string of the molecule is COC1(c2cc(O)cc(O)c2O)CC1C(=O)O. The molecule has 0 aliphatic heterocycles. The molecular weight excluding hydrogens is 228 g/mol. The van der Waals surface area contributed by atoms with E-state index in [1.54, 1.807) is 0 Å². The first-order valence-electron chi connectivity index (χ1n) is 4.95. The molecule has 1 fully saturated rings. The number of methoxy groups -OCH3 is 1. The number of aliphatic carboxylic acids is 1. The number of hydrogen-bond donors (Lipinski definition) is 4. The molecule has 1 aliphatic rings. The molecule has 0 heterocycles. The second-order valence-corrected chi connectivity index (χ2v) is 4.05. The molecule has 1 saturated carbocycles. The third kappa shape index (κ3) is 1.57. The number of ether oxygens (including phenoxy) is 1. The van der Waals surface area contributed by atoms with Gasteiger partial charge in [0.1, 0.15) is 11.4 Å². The van der Waals surface area contributed by atoms with Crippen molar-refractivity contribution in [2.24, 2.45) is 5.92 Å². The molecule has 17 heavy (non-hydrogen) atoms. The highest BCUT2D eigenvalue weighted by molar-refractivity contribution is 5.77. The summed E-state index contributed by atoms with van der Waals surface area (Å²) in [5.74, 6) is -3.07. The van der Waals surface area contributed by atoms with Crippen molar-refractivity contribution >= 4 is 5.97 Å². The van der Waals surface area contributed by atoms with E-state index in [2.05, 4.69) is 0 Å². The van der Waals surface area contributed by atoms with Gasteiger partial charge in [-0.25, -0.2) is 0 Å². The van der Waals surface area contributed by atoms with Crippen molar-refractivity contribution in [3.8, 4) is 17.2 Å². The Morgan fingerprint density at radius 3 is 2.53 bits per heavy atom. The molecular formula is C11H12O6. The van der Waals surface area contributed by atoms with E-state index in [9.17, 15) is 20.1 Å². The van der Waals surface area contributed by atoms with Gasteiger partial charge in [0.25, 0.3) is 0 Å². The third-order valence-electron chi connectivity index (χ3n) is 3.10. The highest BCUT2D eigenvalue weighted by atomic mass is 16.5. The van der Waals surface area contributed by atoms with Crippen LogP contribution in [0.25, 0.3) is 0 Å². The lowest BCUT2D eigenvalue weighted by atomic mass is 10.0. The Labute approximate surface area is 96.7 Å². The average molecular weight is 240 g/mol. The Bertz CT molecular complexity index is 483. The molecule has 6 nitrogen and oxygen atoms in total. The van der Waals surface area contributed by atoms with Gasteiger partial charge in [-0.2, -0.15) is 0 Å². The molecule has 0 bridgehead atoms. The first-order chi connectivity index (χ1) is 7.92. The summed E-state index contributed by atoms with van der Waals surface area (Å²) in [6.45, 7) is 0. The van der Waals surface area contributed by atoms with Crippen LogP contribution in [-0.2, 0) is 15.1 Å². The van der Waals surface area contributed by atoms with Crippen LogP contribution in [0.4, 0.5) is 0 Å². The molecule has 2 rings (SSSR count). The minimum absolute atomic E-state index is 0.0879. The molecule has 0 amide bonds. The van der Waals surface area contributed by atoms with E-state index < -0.39 is 29.0 Å². The molecule has 4 N–H and O–H groups in total. The van der Waals surface area contributed by atoms with Crippen LogP contribution < -0.4 is 0 Å². The van der Waals surface area contributed by atoms with E-state index in [1.165, 1.54) is 13.2 Å². The fourth-order valence-corrected chi connectivity index (χ4v) is 2.09. The maximum absolute atomic E-state index is 10.9. The molecule has 1 aromatic carbocycles. The molecule has 2 atom stereocenters. The highest BCUT2D eigenvalue weighted by Crippen LogP contribution is 2.58. The summed E-state index contributed by atoms with van der Waals surface area (Å²) in [4.78, 5) is 10.9. The molecule has 0 spiro atoms. The van der Waals surface area contributed by atoms with Gasteiger partial charge in [0.15, 0.2) is 11.5 Å². The van der Waals surface area contributed by atoms with Gasteiger partial charge in [-0.15, -0.1) is 0 Å². The summed E-state index contributed by atoms with van der Waals surface area (Å²) in [5.41, 5.74) is -1.09. The Morgan fingerprint density at radius 2 is 2.06 bits per heavy atom. The standard InChI is InChI=1S/C11H12O6/c1-17-11(4-7(11)10(15)16)6-2-5(12)3-8(13)9(6)14/h2-3,7,12-14H,4H2,1H3,(H,15,16). The van der Waals surface area contributed by atoms with E-state index >= 15 is 0 Å². The smallest absolute Gasteiger partial charge is 0.309 e. The Kier molecular flexibility index (Phi) is 2.39. The van der Waals surface area contributed by atoms with Crippen molar-refractivity contribution in [3.05, 3.63) is 17.7 Å². The van der Waals surface area contributed by atoms with Gasteiger partial charge in [0.2, 0.25) is 0 Å². The van der Waals surface area contributed by atoms with Crippen molar-refractivity contribution in [3.63, 3.8) is 0 Å². The molecule has 2 unspecified atom stereocenters. The summed E-state index contributed by atoms with van der Waals surface area (Å²) < 4.78 is 5.14. The number of carboxylic acid groups (broad SMARTS) is 1. The maximum atomic E-state index is 10.9. The second kappa shape index (κ2) is 3.53. The van der Waals surface area contributed by atoms with Crippen LogP contribution >= 0.6 is 0 Å². The van der Waals surface area contributed by atoms with Gasteiger partial charge in [0.05, 0.1) is 5.92 Å². The lowest BCUT2D eigenvalue weighted by Crippen LogP contribution is -2.17. The zero-order valence-corrected chi connectivity index (χ0v) is 9.04. The maximum Gasteiger partial charge on any atom is 0.309 e. The quantitative estimate of drug-likeness (QED) is 0.458. The minimum Gasteiger partial charge on any atom is -0.508 e.